The van der Waals surface area contributed by atoms with Gasteiger partial charge in [0.15, 0.2) is 0 Å². The van der Waals surface area contributed by atoms with Crippen LogP contribution in [0.2, 0.25) is 5.15 Å². The molecule has 0 spiro atoms. The lowest BCUT2D eigenvalue weighted by Crippen LogP contribution is -2.00. The Morgan fingerprint density at radius 3 is 2.71 bits per heavy atom. The minimum atomic E-state index is -0.390. The maximum atomic E-state index is 11.4. The van der Waals surface area contributed by atoms with Gasteiger partial charge in [0.25, 0.3) is 0 Å². The van der Waals surface area contributed by atoms with Crippen molar-refractivity contribution in [1.29, 1.82) is 0 Å². The van der Waals surface area contributed by atoms with Gasteiger partial charge in [0, 0.05) is 11.5 Å². The average molecular weight is 252 g/mol. The van der Waals surface area contributed by atoms with E-state index in [0.29, 0.717) is 16.6 Å². The molecule has 2 aromatic rings. The van der Waals surface area contributed by atoms with Crippen molar-refractivity contribution >= 4 is 28.3 Å². The molecule has 2 rings (SSSR count). The summed E-state index contributed by atoms with van der Waals surface area (Å²) in [5.74, 6) is 0.0170. The Bertz CT molecular complexity index is 583. The van der Waals surface area contributed by atoms with Gasteiger partial charge in [-0.05, 0) is 17.5 Å². The highest BCUT2D eigenvalue weighted by Gasteiger charge is 2.09. The van der Waals surface area contributed by atoms with Crippen molar-refractivity contribution < 1.29 is 14.3 Å². The molecule has 0 aliphatic rings. The predicted octanol–water partition coefficient (Wildman–Crippen LogP) is 2.68. The number of fused-ring (bicyclic) bond motifs is 1. The number of benzene rings is 1. The topological polar surface area (TPSA) is 48.4 Å². The number of nitrogens with zero attached hydrogens (tertiary/aromatic N) is 1. The molecule has 0 saturated heterocycles. The van der Waals surface area contributed by atoms with E-state index in [4.69, 9.17) is 16.3 Å². The number of hydrogen-bond donors (Lipinski definition) is 0. The second kappa shape index (κ2) is 4.59. The summed E-state index contributed by atoms with van der Waals surface area (Å²) >= 11 is 6.00. The van der Waals surface area contributed by atoms with E-state index < -0.39 is 0 Å². The van der Waals surface area contributed by atoms with E-state index in [1.807, 2.05) is 0 Å². The Hall–Kier alpha value is -1.81. The van der Waals surface area contributed by atoms with Crippen LogP contribution in [0, 0.1) is 0 Å². The van der Waals surface area contributed by atoms with Crippen molar-refractivity contribution in [1.82, 2.24) is 4.98 Å². The summed E-state index contributed by atoms with van der Waals surface area (Å²) in [7, 11) is 2.85. The Balaban J connectivity index is 2.63. The third kappa shape index (κ3) is 2.17. The number of hydrogen-bond acceptors (Lipinski definition) is 4. The van der Waals surface area contributed by atoms with Crippen LogP contribution < -0.4 is 4.74 Å². The molecule has 0 aliphatic heterocycles. The van der Waals surface area contributed by atoms with Gasteiger partial charge in [0.1, 0.15) is 5.15 Å². The zero-order valence-corrected chi connectivity index (χ0v) is 10.1. The summed E-state index contributed by atoms with van der Waals surface area (Å²) in [6.07, 6.45) is 0. The molecule has 1 aromatic heterocycles. The van der Waals surface area contributed by atoms with Crippen LogP contribution >= 0.6 is 11.6 Å². The van der Waals surface area contributed by atoms with Crippen molar-refractivity contribution in [3.63, 3.8) is 0 Å². The first-order valence-corrected chi connectivity index (χ1v) is 5.26. The van der Waals surface area contributed by atoms with Gasteiger partial charge < -0.3 is 9.47 Å². The van der Waals surface area contributed by atoms with Crippen LogP contribution in [0.25, 0.3) is 10.8 Å². The standard InChI is InChI=1S/C12H10ClNO3/c1-16-10-6-8-5-7(12(15)17-2)3-4-9(8)11(13)14-10/h3-6H,1-2H3. The first kappa shape index (κ1) is 11.7. The van der Waals surface area contributed by atoms with Gasteiger partial charge in [0.2, 0.25) is 5.88 Å². The molecule has 0 N–H and O–H groups in total. The van der Waals surface area contributed by atoms with E-state index >= 15 is 0 Å². The number of methoxy groups -OCH3 is 2. The molecule has 88 valence electrons. The smallest absolute Gasteiger partial charge is 0.337 e. The fourth-order valence-corrected chi connectivity index (χ4v) is 1.80. The normalized spacial score (nSPS) is 10.3. The summed E-state index contributed by atoms with van der Waals surface area (Å²) in [6.45, 7) is 0. The van der Waals surface area contributed by atoms with Crippen LogP contribution in [0.1, 0.15) is 10.4 Å². The summed E-state index contributed by atoms with van der Waals surface area (Å²) in [5.41, 5.74) is 0.462. The molecule has 1 heterocycles. The molecule has 0 radical (unpaired) electrons. The molecule has 0 atom stereocenters. The molecule has 0 aliphatic carbocycles. The lowest BCUT2D eigenvalue weighted by molar-refractivity contribution is 0.0601. The minimum Gasteiger partial charge on any atom is -0.481 e. The molecule has 17 heavy (non-hydrogen) atoms. The molecule has 0 amide bonds. The SMILES string of the molecule is COC(=O)c1ccc2c(Cl)nc(OC)cc2c1. The van der Waals surface area contributed by atoms with E-state index in [-0.39, 0.29) is 5.97 Å². The van der Waals surface area contributed by atoms with Crippen LogP contribution in [0.5, 0.6) is 5.88 Å². The van der Waals surface area contributed by atoms with Gasteiger partial charge >= 0.3 is 5.97 Å². The molecule has 0 fully saturated rings. The summed E-state index contributed by atoms with van der Waals surface area (Å²) in [6, 6.07) is 6.79. The van der Waals surface area contributed by atoms with E-state index in [1.54, 1.807) is 24.3 Å². The van der Waals surface area contributed by atoms with Gasteiger partial charge in [-0.25, -0.2) is 9.78 Å². The Morgan fingerprint density at radius 1 is 1.29 bits per heavy atom. The van der Waals surface area contributed by atoms with Crippen molar-refractivity contribution in [2.24, 2.45) is 0 Å². The van der Waals surface area contributed by atoms with Crippen LogP contribution in [0.3, 0.4) is 0 Å². The second-order valence-electron chi connectivity index (χ2n) is 3.38. The molecule has 0 bridgehead atoms. The second-order valence-corrected chi connectivity index (χ2v) is 3.74. The lowest BCUT2D eigenvalue weighted by Gasteiger charge is -2.05. The number of carbonyl (C=O) groups excluding carboxylic acids is 1. The molecule has 0 saturated carbocycles. The number of ether oxygens (including phenoxy) is 2. The lowest BCUT2D eigenvalue weighted by atomic mass is 10.1. The quantitative estimate of drug-likeness (QED) is 0.608. The van der Waals surface area contributed by atoms with Crippen molar-refractivity contribution in [2.75, 3.05) is 14.2 Å². The first-order valence-electron chi connectivity index (χ1n) is 4.88. The molecular formula is C12H10ClNO3. The summed E-state index contributed by atoms with van der Waals surface area (Å²) < 4.78 is 9.67. The first-order chi connectivity index (χ1) is 8.15. The van der Waals surface area contributed by atoms with Crippen LogP contribution in [0.4, 0.5) is 0 Å². The highest BCUT2D eigenvalue weighted by Crippen LogP contribution is 2.26. The Labute approximate surface area is 103 Å². The molecule has 0 unspecified atom stereocenters. The highest BCUT2D eigenvalue weighted by atomic mass is 35.5. The third-order valence-corrected chi connectivity index (χ3v) is 2.68. The van der Waals surface area contributed by atoms with E-state index in [9.17, 15) is 4.79 Å². The third-order valence-electron chi connectivity index (χ3n) is 2.39. The summed E-state index contributed by atoms with van der Waals surface area (Å²) in [5, 5.41) is 1.89. The fourth-order valence-electron chi connectivity index (χ4n) is 1.54. The Morgan fingerprint density at radius 2 is 2.06 bits per heavy atom. The Kier molecular flexibility index (Phi) is 3.15. The number of aromatic nitrogens is 1. The highest BCUT2D eigenvalue weighted by molar-refractivity contribution is 6.34. The number of carbonyl (C=O) groups is 1. The zero-order valence-electron chi connectivity index (χ0n) is 9.36. The van der Waals surface area contributed by atoms with Crippen molar-refractivity contribution in [2.45, 2.75) is 0 Å². The maximum absolute atomic E-state index is 11.4. The molecular weight excluding hydrogens is 242 g/mol. The van der Waals surface area contributed by atoms with Crippen molar-refractivity contribution in [3.8, 4) is 5.88 Å². The van der Waals surface area contributed by atoms with E-state index in [0.717, 1.165) is 10.8 Å². The number of pyridine rings is 1. The number of rotatable bonds is 2. The number of halogens is 1. The zero-order chi connectivity index (χ0) is 12.4. The largest absolute Gasteiger partial charge is 0.481 e. The number of esters is 1. The molecule has 1 aromatic carbocycles. The minimum absolute atomic E-state index is 0.343. The fraction of sp³-hybridized carbons (Fsp3) is 0.167. The maximum Gasteiger partial charge on any atom is 0.337 e. The molecule has 5 heteroatoms. The van der Waals surface area contributed by atoms with Crippen LogP contribution in [-0.2, 0) is 4.74 Å². The summed E-state index contributed by atoms with van der Waals surface area (Å²) in [4.78, 5) is 15.4. The predicted molar refractivity (Wildman–Crippen MR) is 64.6 cm³/mol. The van der Waals surface area contributed by atoms with Crippen LogP contribution in [-0.4, -0.2) is 25.2 Å². The van der Waals surface area contributed by atoms with Gasteiger partial charge in [-0.2, -0.15) is 0 Å². The van der Waals surface area contributed by atoms with Gasteiger partial charge in [0.05, 0.1) is 19.8 Å². The molecule has 4 nitrogen and oxygen atoms in total. The average Bonchev–Trinajstić information content (AvgIpc) is 2.36. The van der Waals surface area contributed by atoms with Gasteiger partial charge in [-0.15, -0.1) is 0 Å². The van der Waals surface area contributed by atoms with Gasteiger partial charge in [-0.1, -0.05) is 17.7 Å². The van der Waals surface area contributed by atoms with E-state index in [2.05, 4.69) is 9.72 Å². The van der Waals surface area contributed by atoms with E-state index in [1.165, 1.54) is 14.2 Å². The monoisotopic (exact) mass is 251 g/mol. The van der Waals surface area contributed by atoms with Gasteiger partial charge in [-0.3, -0.25) is 0 Å². The van der Waals surface area contributed by atoms with Crippen LogP contribution in [0.15, 0.2) is 24.3 Å². The van der Waals surface area contributed by atoms with Crippen molar-refractivity contribution in [3.05, 3.63) is 35.0 Å².